The van der Waals surface area contributed by atoms with Crippen molar-refractivity contribution in [3.8, 4) is 11.5 Å². The van der Waals surface area contributed by atoms with Crippen molar-refractivity contribution >= 4 is 34.4 Å². The Balaban J connectivity index is 1.56. The zero-order chi connectivity index (χ0) is 34.7. The van der Waals surface area contributed by atoms with Gasteiger partial charge in [-0.2, -0.15) is 4.37 Å². The lowest BCUT2D eigenvalue weighted by atomic mass is 9.79. The number of methoxy groups -OCH3 is 3. The predicted molar refractivity (Wildman–Crippen MR) is 184 cm³/mol. The van der Waals surface area contributed by atoms with Gasteiger partial charge in [-0.25, -0.2) is 4.98 Å². The third kappa shape index (κ3) is 6.43. The molecule has 49 heavy (non-hydrogen) atoms. The number of aliphatic hydroxyl groups excluding tert-OH is 1. The Kier molecular flexibility index (Phi) is 10.1. The number of ether oxygens (including phenoxy) is 5. The second-order valence-electron chi connectivity index (χ2n) is 11.9. The first-order chi connectivity index (χ1) is 23.7. The minimum Gasteiger partial charge on any atom is -0.497 e. The van der Waals surface area contributed by atoms with E-state index in [1.807, 2.05) is 78.9 Å². The molecule has 3 N–H and O–H groups in total. The zero-order valence-corrected chi connectivity index (χ0v) is 28.5. The molecule has 12 nitrogen and oxygen atoms in total. The molecule has 256 valence electrons. The normalized spacial score (nSPS) is 19.3. The van der Waals surface area contributed by atoms with Gasteiger partial charge in [0, 0.05) is 13.0 Å². The highest BCUT2D eigenvalue weighted by atomic mass is 32.1. The number of anilines is 1. The molecule has 13 heteroatoms. The Bertz CT molecular complexity index is 1900. The van der Waals surface area contributed by atoms with Gasteiger partial charge in [0.15, 0.2) is 5.52 Å². The van der Waals surface area contributed by atoms with E-state index in [1.165, 1.54) is 7.11 Å². The first-order valence-electron chi connectivity index (χ1n) is 15.8. The van der Waals surface area contributed by atoms with Crippen LogP contribution in [0.5, 0.6) is 11.5 Å². The Morgan fingerprint density at radius 3 is 2.04 bits per heavy atom. The molecule has 1 aliphatic heterocycles. The highest BCUT2D eigenvalue weighted by Crippen LogP contribution is 2.49. The fourth-order valence-corrected chi connectivity index (χ4v) is 6.98. The number of aliphatic hydroxyl groups is 1. The lowest BCUT2D eigenvalue weighted by Crippen LogP contribution is -2.44. The summed E-state index contributed by atoms with van der Waals surface area (Å²) in [6.45, 7) is 3.11. The van der Waals surface area contributed by atoms with Crippen LogP contribution in [0.4, 0.5) is 5.95 Å². The van der Waals surface area contributed by atoms with E-state index in [9.17, 15) is 14.7 Å². The number of aromatic nitrogens is 3. The van der Waals surface area contributed by atoms with Crippen molar-refractivity contribution < 1.29 is 33.6 Å². The molecule has 2 aromatic heterocycles. The van der Waals surface area contributed by atoms with E-state index < -0.39 is 35.6 Å². The first-order valence-corrected chi connectivity index (χ1v) is 16.5. The lowest BCUT2D eigenvalue weighted by molar-refractivity contribution is -0.118. The number of nitrogens with one attached hydrogen (secondary N) is 2. The van der Waals surface area contributed by atoms with Crippen molar-refractivity contribution in [2.45, 2.75) is 43.9 Å². The highest BCUT2D eigenvalue weighted by Gasteiger charge is 2.52. The molecule has 0 saturated carbocycles. The summed E-state index contributed by atoms with van der Waals surface area (Å²) < 4.78 is 35.3. The van der Waals surface area contributed by atoms with E-state index in [2.05, 4.69) is 19.7 Å². The van der Waals surface area contributed by atoms with E-state index in [0.29, 0.717) is 16.4 Å². The molecule has 4 atom stereocenters. The van der Waals surface area contributed by atoms with E-state index in [1.54, 1.807) is 28.1 Å². The minimum absolute atomic E-state index is 0.00906. The van der Waals surface area contributed by atoms with Gasteiger partial charge in [0.05, 0.1) is 25.7 Å². The van der Waals surface area contributed by atoms with Gasteiger partial charge < -0.3 is 28.8 Å². The summed E-state index contributed by atoms with van der Waals surface area (Å²) in [5.74, 6) is 0.685. The van der Waals surface area contributed by atoms with Crippen LogP contribution in [-0.4, -0.2) is 71.6 Å². The molecule has 1 amide bonds. The van der Waals surface area contributed by atoms with Gasteiger partial charge in [-0.15, -0.1) is 0 Å². The fourth-order valence-electron chi connectivity index (χ4n) is 6.10. The average Bonchev–Trinajstić information content (AvgIpc) is 3.71. The third-order valence-electron chi connectivity index (χ3n) is 8.64. The van der Waals surface area contributed by atoms with Crippen molar-refractivity contribution in [2.24, 2.45) is 5.92 Å². The smallest absolute Gasteiger partial charge is 0.279 e. The number of benzene rings is 3. The minimum atomic E-state index is -1.25. The maximum atomic E-state index is 13.1. The number of H-pyrrole nitrogens is 1. The van der Waals surface area contributed by atoms with E-state index in [4.69, 9.17) is 23.7 Å². The molecule has 1 fully saturated rings. The molecule has 5 aromatic rings. The van der Waals surface area contributed by atoms with Gasteiger partial charge in [-0.1, -0.05) is 68.4 Å². The number of hydrogen-bond donors (Lipinski definition) is 3. The van der Waals surface area contributed by atoms with E-state index >= 15 is 0 Å². The van der Waals surface area contributed by atoms with Crippen LogP contribution in [0.2, 0.25) is 0 Å². The maximum Gasteiger partial charge on any atom is 0.279 e. The van der Waals surface area contributed by atoms with Crippen LogP contribution in [-0.2, 0) is 24.6 Å². The number of carbonyl (C=O) groups excluding carboxylic acids is 1. The summed E-state index contributed by atoms with van der Waals surface area (Å²) in [5, 5.41) is 13.2. The van der Waals surface area contributed by atoms with Gasteiger partial charge in [-0.3, -0.25) is 19.9 Å². The van der Waals surface area contributed by atoms with Crippen LogP contribution in [0.1, 0.15) is 41.5 Å². The molecule has 1 saturated heterocycles. The summed E-state index contributed by atoms with van der Waals surface area (Å²) in [6.07, 6.45) is -3.31. The van der Waals surface area contributed by atoms with Crippen LogP contribution >= 0.6 is 11.5 Å². The second kappa shape index (κ2) is 14.4. The monoisotopic (exact) mass is 686 g/mol. The topological polar surface area (TPSA) is 154 Å². The fraction of sp³-hybridized carbons (Fsp3) is 0.333. The average molecular weight is 687 g/mol. The summed E-state index contributed by atoms with van der Waals surface area (Å²) >= 11 is 1.04. The summed E-state index contributed by atoms with van der Waals surface area (Å²) in [6, 6.07) is 25.0. The molecular weight excluding hydrogens is 648 g/mol. The SMILES string of the molecule is COc1ccc(C(O[C@@H]2[C@H](OC)[C@@H](CO)O[C@H]2c2snc3c(=O)[nH]c(NC(=O)C(C)C)nc23)(c2ccccc2)c2ccc(OC)cc2)cc1. The van der Waals surface area contributed by atoms with Gasteiger partial charge in [0.1, 0.15) is 47.0 Å². The van der Waals surface area contributed by atoms with Crippen molar-refractivity contribution in [3.05, 3.63) is 111 Å². The molecule has 0 spiro atoms. The molecule has 0 unspecified atom stereocenters. The standard InChI is InChI=1S/C36H38N4O8S/c1-20(2)33(42)38-35-37-27-28(34(43)39-35)40-49-32(27)31-30(29(46-5)26(19-41)47-31)48-36(21-9-7-6-8-10-21,22-11-15-24(44-3)16-12-22)23-13-17-25(45-4)18-14-23/h6-18,20,26,29-31,41H,19H2,1-5H3,(H2,37,38,39,42,43)/t26-,29-,30-,31-/m1/s1. The molecule has 6 rings (SSSR count). The number of rotatable bonds is 12. The van der Waals surface area contributed by atoms with Crippen molar-refractivity contribution in [1.29, 1.82) is 0 Å². The van der Waals surface area contributed by atoms with Crippen LogP contribution in [0.25, 0.3) is 11.0 Å². The maximum absolute atomic E-state index is 13.1. The second-order valence-corrected chi connectivity index (χ2v) is 12.7. The summed E-state index contributed by atoms with van der Waals surface area (Å²) in [4.78, 5) is 33.3. The number of fused-ring (bicyclic) bond motifs is 1. The summed E-state index contributed by atoms with van der Waals surface area (Å²) in [5.41, 5.74) is 0.953. The quantitative estimate of drug-likeness (QED) is 0.156. The number of aromatic amines is 1. The Labute approximate surface area is 287 Å². The number of carbonyl (C=O) groups is 1. The number of amides is 1. The van der Waals surface area contributed by atoms with Gasteiger partial charge in [-0.05, 0) is 52.5 Å². The molecule has 3 heterocycles. The third-order valence-corrected chi connectivity index (χ3v) is 9.53. The van der Waals surface area contributed by atoms with Crippen LogP contribution in [0, 0.1) is 5.92 Å². The van der Waals surface area contributed by atoms with Gasteiger partial charge >= 0.3 is 0 Å². The Hall–Kier alpha value is -4.66. The Morgan fingerprint density at radius 1 is 0.918 bits per heavy atom. The molecule has 1 aliphatic rings. The van der Waals surface area contributed by atoms with Crippen LogP contribution in [0.15, 0.2) is 83.7 Å². The molecule has 0 bridgehead atoms. The zero-order valence-electron chi connectivity index (χ0n) is 27.7. The van der Waals surface area contributed by atoms with E-state index in [-0.39, 0.29) is 35.4 Å². The Morgan fingerprint density at radius 2 is 1.51 bits per heavy atom. The predicted octanol–water partition coefficient (Wildman–Crippen LogP) is 4.82. The van der Waals surface area contributed by atoms with Gasteiger partial charge in [0.25, 0.3) is 5.56 Å². The van der Waals surface area contributed by atoms with Gasteiger partial charge in [0.2, 0.25) is 11.9 Å². The van der Waals surface area contributed by atoms with Crippen molar-refractivity contribution in [1.82, 2.24) is 14.3 Å². The number of nitrogens with zero attached hydrogens (tertiary/aromatic N) is 2. The molecule has 3 aromatic carbocycles. The van der Waals surface area contributed by atoms with Crippen LogP contribution < -0.4 is 20.3 Å². The largest absolute Gasteiger partial charge is 0.497 e. The molecule has 0 radical (unpaired) electrons. The first kappa shape index (κ1) is 34.2. The van der Waals surface area contributed by atoms with Crippen molar-refractivity contribution in [3.63, 3.8) is 0 Å². The molecule has 0 aliphatic carbocycles. The van der Waals surface area contributed by atoms with E-state index in [0.717, 1.165) is 28.2 Å². The molecular formula is C36H38N4O8S. The number of hydrogen-bond acceptors (Lipinski definition) is 11. The lowest BCUT2D eigenvalue weighted by Gasteiger charge is -2.40. The highest BCUT2D eigenvalue weighted by molar-refractivity contribution is 7.07. The summed E-state index contributed by atoms with van der Waals surface area (Å²) in [7, 11) is 4.75. The van der Waals surface area contributed by atoms with Crippen molar-refractivity contribution in [2.75, 3.05) is 33.3 Å². The van der Waals surface area contributed by atoms with Crippen LogP contribution in [0.3, 0.4) is 0 Å².